The zero-order chi connectivity index (χ0) is 11.8. The van der Waals surface area contributed by atoms with E-state index in [0.29, 0.717) is 18.9 Å². The van der Waals surface area contributed by atoms with E-state index in [9.17, 15) is 4.79 Å². The number of hydrogen-bond donors (Lipinski definition) is 0. The van der Waals surface area contributed by atoms with Gasteiger partial charge in [0.15, 0.2) is 0 Å². The van der Waals surface area contributed by atoms with E-state index in [1.54, 1.807) is 6.92 Å². The Bertz CT molecular complexity index is 230. The Balaban J connectivity index is 4.47. The summed E-state index contributed by atoms with van der Waals surface area (Å²) in [5, 5.41) is 9.04. The number of carbonyl (C=O) groups excluding carboxylic acids is 1. The molecule has 0 fully saturated rings. The summed E-state index contributed by atoms with van der Waals surface area (Å²) in [7, 11) is 0. The van der Waals surface area contributed by atoms with E-state index in [-0.39, 0.29) is 17.8 Å². The van der Waals surface area contributed by atoms with Crippen LogP contribution in [-0.4, -0.2) is 12.6 Å². The first-order chi connectivity index (χ1) is 7.06. The molecule has 0 N–H and O–H groups in total. The molecule has 0 aromatic heterocycles. The number of nitrogens with zero attached hydrogens (tertiary/aromatic N) is 1. The second-order valence-electron chi connectivity index (χ2n) is 4.13. The Kier molecular flexibility index (Phi) is 6.77. The first kappa shape index (κ1) is 14.0. The quantitative estimate of drug-likeness (QED) is 0.635. The van der Waals surface area contributed by atoms with E-state index >= 15 is 0 Å². The Hall–Kier alpha value is -1.04. The van der Waals surface area contributed by atoms with Crippen LogP contribution in [0.2, 0.25) is 0 Å². The Morgan fingerprint density at radius 1 is 1.40 bits per heavy atom. The fourth-order valence-electron chi connectivity index (χ4n) is 1.68. The molecule has 2 atom stereocenters. The molecular weight excluding hydrogens is 190 g/mol. The van der Waals surface area contributed by atoms with Crippen molar-refractivity contribution >= 4 is 5.97 Å². The molecule has 0 aliphatic carbocycles. The number of hydrogen-bond acceptors (Lipinski definition) is 3. The van der Waals surface area contributed by atoms with Crippen molar-refractivity contribution in [2.24, 2.45) is 17.8 Å². The van der Waals surface area contributed by atoms with Crippen LogP contribution in [0.4, 0.5) is 0 Å². The van der Waals surface area contributed by atoms with Crippen LogP contribution in [0.15, 0.2) is 0 Å². The summed E-state index contributed by atoms with van der Waals surface area (Å²) in [6.07, 6.45) is 1.43. The number of rotatable bonds is 6. The van der Waals surface area contributed by atoms with Crippen LogP contribution < -0.4 is 0 Å². The summed E-state index contributed by atoms with van der Waals surface area (Å²) < 4.78 is 4.97. The minimum absolute atomic E-state index is 0.214. The van der Waals surface area contributed by atoms with Gasteiger partial charge in [-0.05, 0) is 25.7 Å². The van der Waals surface area contributed by atoms with Crippen molar-refractivity contribution in [1.29, 1.82) is 5.26 Å². The molecule has 0 aromatic carbocycles. The minimum Gasteiger partial charge on any atom is -0.466 e. The molecule has 1 unspecified atom stereocenters. The molecule has 0 heterocycles. The summed E-state index contributed by atoms with van der Waals surface area (Å²) in [6, 6.07) is 2.22. The van der Waals surface area contributed by atoms with Gasteiger partial charge in [0.2, 0.25) is 0 Å². The van der Waals surface area contributed by atoms with Gasteiger partial charge in [0.25, 0.3) is 0 Å². The summed E-state index contributed by atoms with van der Waals surface area (Å²) in [5.74, 6) is -0.281. The van der Waals surface area contributed by atoms with Gasteiger partial charge in [-0.1, -0.05) is 20.8 Å². The SMILES string of the molecule is CCOC(=O)C(CC)[C@H](C#N)CC(C)C. The molecule has 0 aromatic rings. The average Bonchev–Trinajstić information content (AvgIpc) is 2.17. The molecule has 0 amide bonds. The van der Waals surface area contributed by atoms with Crippen molar-refractivity contribution in [2.75, 3.05) is 6.61 Å². The van der Waals surface area contributed by atoms with Crippen LogP contribution in [0.5, 0.6) is 0 Å². The summed E-state index contributed by atoms with van der Waals surface area (Å²) in [5.41, 5.74) is 0. The summed E-state index contributed by atoms with van der Waals surface area (Å²) in [4.78, 5) is 11.6. The Morgan fingerprint density at radius 2 is 2.00 bits per heavy atom. The molecule has 0 radical (unpaired) electrons. The molecule has 0 rings (SSSR count). The largest absolute Gasteiger partial charge is 0.466 e. The topological polar surface area (TPSA) is 50.1 Å². The second-order valence-corrected chi connectivity index (χ2v) is 4.13. The minimum atomic E-state index is -0.266. The lowest BCUT2D eigenvalue weighted by Crippen LogP contribution is -2.25. The molecular formula is C12H21NO2. The fraction of sp³-hybridized carbons (Fsp3) is 0.833. The van der Waals surface area contributed by atoms with E-state index in [4.69, 9.17) is 10.00 Å². The fourth-order valence-corrected chi connectivity index (χ4v) is 1.68. The Morgan fingerprint density at radius 3 is 2.33 bits per heavy atom. The van der Waals surface area contributed by atoms with E-state index in [0.717, 1.165) is 6.42 Å². The van der Waals surface area contributed by atoms with E-state index in [1.165, 1.54) is 0 Å². The third-order valence-corrected chi connectivity index (χ3v) is 2.41. The molecule has 86 valence electrons. The van der Waals surface area contributed by atoms with E-state index in [2.05, 4.69) is 19.9 Å². The predicted octanol–water partition coefficient (Wildman–Crippen LogP) is 2.76. The van der Waals surface area contributed by atoms with Crippen molar-refractivity contribution in [2.45, 2.75) is 40.5 Å². The molecule has 3 heteroatoms. The average molecular weight is 211 g/mol. The van der Waals surface area contributed by atoms with Crippen molar-refractivity contribution in [3.05, 3.63) is 0 Å². The van der Waals surface area contributed by atoms with E-state index in [1.807, 2.05) is 6.92 Å². The van der Waals surface area contributed by atoms with Gasteiger partial charge < -0.3 is 4.74 Å². The van der Waals surface area contributed by atoms with Gasteiger partial charge >= 0.3 is 5.97 Å². The number of nitriles is 1. The van der Waals surface area contributed by atoms with Crippen LogP contribution in [0.1, 0.15) is 40.5 Å². The zero-order valence-corrected chi connectivity index (χ0v) is 10.1. The maximum Gasteiger partial charge on any atom is 0.310 e. The van der Waals surface area contributed by atoms with Gasteiger partial charge in [-0.15, -0.1) is 0 Å². The molecule has 0 spiro atoms. The standard InChI is InChI=1S/C12H21NO2/c1-5-11(12(14)15-6-2)10(8-13)7-9(3)4/h9-11H,5-7H2,1-4H3/t10-,11?/m0/s1. The van der Waals surface area contributed by atoms with Crippen molar-refractivity contribution in [3.63, 3.8) is 0 Å². The van der Waals surface area contributed by atoms with E-state index < -0.39 is 0 Å². The van der Waals surface area contributed by atoms with Gasteiger partial charge in [-0.2, -0.15) is 5.26 Å². The molecule has 0 bridgehead atoms. The van der Waals surface area contributed by atoms with Gasteiger partial charge in [0, 0.05) is 0 Å². The van der Waals surface area contributed by atoms with Crippen molar-refractivity contribution in [1.82, 2.24) is 0 Å². The number of esters is 1. The third-order valence-electron chi connectivity index (χ3n) is 2.41. The highest BCUT2D eigenvalue weighted by Crippen LogP contribution is 2.23. The van der Waals surface area contributed by atoms with Crippen LogP contribution >= 0.6 is 0 Å². The monoisotopic (exact) mass is 211 g/mol. The van der Waals surface area contributed by atoms with Gasteiger partial charge in [-0.25, -0.2) is 0 Å². The van der Waals surface area contributed by atoms with Crippen LogP contribution in [0, 0.1) is 29.1 Å². The van der Waals surface area contributed by atoms with Crippen molar-refractivity contribution < 1.29 is 9.53 Å². The number of carbonyl (C=O) groups is 1. The van der Waals surface area contributed by atoms with Gasteiger partial charge in [-0.3, -0.25) is 4.79 Å². The van der Waals surface area contributed by atoms with Gasteiger partial charge in [0.1, 0.15) is 0 Å². The summed E-state index contributed by atoms with van der Waals surface area (Å²) >= 11 is 0. The number of ether oxygens (including phenoxy) is 1. The van der Waals surface area contributed by atoms with Crippen LogP contribution in [0.25, 0.3) is 0 Å². The highest BCUT2D eigenvalue weighted by atomic mass is 16.5. The molecule has 15 heavy (non-hydrogen) atoms. The normalized spacial score (nSPS) is 14.4. The molecule has 0 saturated heterocycles. The lowest BCUT2D eigenvalue weighted by atomic mass is 9.85. The third kappa shape index (κ3) is 4.83. The highest BCUT2D eigenvalue weighted by molar-refractivity contribution is 5.73. The summed E-state index contributed by atoms with van der Waals surface area (Å²) in [6.45, 7) is 8.21. The maximum atomic E-state index is 11.6. The lowest BCUT2D eigenvalue weighted by Gasteiger charge is -2.20. The first-order valence-electron chi connectivity index (χ1n) is 5.62. The second kappa shape index (κ2) is 7.28. The Labute approximate surface area is 92.4 Å². The molecule has 0 aliphatic heterocycles. The smallest absolute Gasteiger partial charge is 0.310 e. The zero-order valence-electron chi connectivity index (χ0n) is 10.1. The molecule has 0 aliphatic rings. The van der Waals surface area contributed by atoms with Crippen LogP contribution in [0.3, 0.4) is 0 Å². The highest BCUT2D eigenvalue weighted by Gasteiger charge is 2.28. The molecule has 0 saturated carbocycles. The van der Waals surface area contributed by atoms with Crippen LogP contribution in [-0.2, 0) is 9.53 Å². The maximum absolute atomic E-state index is 11.6. The first-order valence-corrected chi connectivity index (χ1v) is 5.62. The predicted molar refractivity (Wildman–Crippen MR) is 59.0 cm³/mol. The van der Waals surface area contributed by atoms with Gasteiger partial charge in [0.05, 0.1) is 24.5 Å². The van der Waals surface area contributed by atoms with Crippen molar-refractivity contribution in [3.8, 4) is 6.07 Å². The molecule has 3 nitrogen and oxygen atoms in total. The lowest BCUT2D eigenvalue weighted by molar-refractivity contribution is -0.149.